The van der Waals surface area contributed by atoms with Gasteiger partial charge in [0.25, 0.3) is 0 Å². The van der Waals surface area contributed by atoms with Crippen molar-refractivity contribution in [2.24, 2.45) is 0 Å². The zero-order chi connectivity index (χ0) is 16.2. The number of benzene rings is 1. The summed E-state index contributed by atoms with van der Waals surface area (Å²) in [5.74, 6) is 0.190. The smallest absolute Gasteiger partial charge is 0.222 e. The maximum absolute atomic E-state index is 12.2. The fraction of sp³-hybridized carbons (Fsp3) is 0.294. The summed E-state index contributed by atoms with van der Waals surface area (Å²) in [5, 5.41) is 3.16. The average molecular weight is 409 g/mol. The SMILES string of the molecule is CN(Cc1cc(Br)cs1)C(=O)CCCc1nc2ccccc2s1. The number of halogens is 1. The standard InChI is InChI=1S/C17H17BrN2OS2/c1-20(10-13-9-12(18)11-22-13)17(21)8-4-7-16-19-14-5-2-3-6-15(14)23-16/h2-3,5-6,9,11H,4,7-8,10H2,1H3. The molecule has 0 aliphatic heterocycles. The highest BCUT2D eigenvalue weighted by molar-refractivity contribution is 9.10. The molecule has 0 saturated heterocycles. The molecule has 1 aromatic carbocycles. The van der Waals surface area contributed by atoms with Crippen molar-refractivity contribution in [2.75, 3.05) is 7.05 Å². The van der Waals surface area contributed by atoms with Crippen molar-refractivity contribution in [1.29, 1.82) is 0 Å². The number of hydrogen-bond acceptors (Lipinski definition) is 4. The van der Waals surface area contributed by atoms with Crippen molar-refractivity contribution in [1.82, 2.24) is 9.88 Å². The van der Waals surface area contributed by atoms with Gasteiger partial charge < -0.3 is 4.90 Å². The maximum atomic E-state index is 12.2. The minimum atomic E-state index is 0.190. The quantitative estimate of drug-likeness (QED) is 0.568. The van der Waals surface area contributed by atoms with E-state index in [1.54, 1.807) is 27.6 Å². The Hall–Kier alpha value is -1.24. The highest BCUT2D eigenvalue weighted by atomic mass is 79.9. The number of carbonyl (C=O) groups is 1. The van der Waals surface area contributed by atoms with Crippen molar-refractivity contribution in [3.05, 3.63) is 50.1 Å². The number of thiophene rings is 1. The Kier molecular flexibility index (Phi) is 5.46. The van der Waals surface area contributed by atoms with Gasteiger partial charge in [0.15, 0.2) is 0 Å². The monoisotopic (exact) mass is 408 g/mol. The second-order valence-corrected chi connectivity index (χ2v) is 8.44. The molecular formula is C17H17BrN2OS2. The van der Waals surface area contributed by atoms with Crippen molar-refractivity contribution in [3.8, 4) is 0 Å². The van der Waals surface area contributed by atoms with E-state index in [-0.39, 0.29) is 5.91 Å². The highest BCUT2D eigenvalue weighted by Crippen LogP contribution is 2.23. The van der Waals surface area contributed by atoms with E-state index in [0.29, 0.717) is 13.0 Å². The van der Waals surface area contributed by atoms with E-state index in [2.05, 4.69) is 33.0 Å². The van der Waals surface area contributed by atoms with Crippen molar-refractivity contribution < 1.29 is 4.79 Å². The Morgan fingerprint density at radius 2 is 2.17 bits per heavy atom. The summed E-state index contributed by atoms with van der Waals surface area (Å²) >= 11 is 6.83. The van der Waals surface area contributed by atoms with Gasteiger partial charge in [0.1, 0.15) is 0 Å². The molecular weight excluding hydrogens is 392 g/mol. The molecule has 0 aliphatic carbocycles. The topological polar surface area (TPSA) is 33.2 Å². The number of nitrogens with zero attached hydrogens (tertiary/aromatic N) is 2. The molecule has 0 spiro atoms. The molecule has 0 bridgehead atoms. The van der Waals surface area contributed by atoms with Gasteiger partial charge in [-0.3, -0.25) is 4.79 Å². The van der Waals surface area contributed by atoms with E-state index in [0.717, 1.165) is 27.8 Å². The summed E-state index contributed by atoms with van der Waals surface area (Å²) in [5.41, 5.74) is 1.05. The molecule has 0 fully saturated rings. The summed E-state index contributed by atoms with van der Waals surface area (Å²) in [6.45, 7) is 0.677. The first kappa shape index (κ1) is 16.6. The van der Waals surface area contributed by atoms with Crippen LogP contribution in [0.25, 0.3) is 10.2 Å². The lowest BCUT2D eigenvalue weighted by molar-refractivity contribution is -0.130. The summed E-state index contributed by atoms with van der Waals surface area (Å²) in [6.07, 6.45) is 2.28. The summed E-state index contributed by atoms with van der Waals surface area (Å²) in [6, 6.07) is 10.2. The van der Waals surface area contributed by atoms with Gasteiger partial charge in [0, 0.05) is 28.2 Å². The third kappa shape index (κ3) is 4.40. The molecule has 0 saturated carbocycles. The number of amides is 1. The van der Waals surface area contributed by atoms with Crippen molar-refractivity contribution >= 4 is 54.7 Å². The zero-order valence-corrected chi connectivity index (χ0v) is 16.0. The number of aromatic nitrogens is 1. The number of fused-ring (bicyclic) bond motifs is 1. The number of para-hydroxylation sites is 1. The molecule has 23 heavy (non-hydrogen) atoms. The number of thiazole rings is 1. The lowest BCUT2D eigenvalue weighted by atomic mass is 10.2. The lowest BCUT2D eigenvalue weighted by Crippen LogP contribution is -2.25. The van der Waals surface area contributed by atoms with Gasteiger partial charge in [-0.25, -0.2) is 4.98 Å². The van der Waals surface area contributed by atoms with Gasteiger partial charge in [-0.2, -0.15) is 0 Å². The Morgan fingerprint density at radius 1 is 1.35 bits per heavy atom. The second kappa shape index (κ2) is 7.55. The number of carbonyl (C=O) groups excluding carboxylic acids is 1. The van der Waals surface area contributed by atoms with E-state index >= 15 is 0 Å². The summed E-state index contributed by atoms with van der Waals surface area (Å²) in [4.78, 5) is 19.8. The number of hydrogen-bond donors (Lipinski definition) is 0. The molecule has 1 amide bonds. The molecule has 0 unspecified atom stereocenters. The van der Waals surface area contributed by atoms with Crippen molar-refractivity contribution in [3.63, 3.8) is 0 Å². The van der Waals surface area contributed by atoms with E-state index in [1.165, 1.54) is 9.58 Å². The minimum absolute atomic E-state index is 0.190. The van der Waals surface area contributed by atoms with Gasteiger partial charge in [0.2, 0.25) is 5.91 Å². The fourth-order valence-electron chi connectivity index (χ4n) is 2.37. The predicted molar refractivity (Wildman–Crippen MR) is 101 cm³/mol. The predicted octanol–water partition coefficient (Wildman–Crippen LogP) is 5.10. The average Bonchev–Trinajstić information content (AvgIpc) is 3.12. The van der Waals surface area contributed by atoms with E-state index in [4.69, 9.17) is 0 Å². The largest absolute Gasteiger partial charge is 0.341 e. The molecule has 6 heteroatoms. The maximum Gasteiger partial charge on any atom is 0.222 e. The number of aryl methyl sites for hydroxylation is 1. The Morgan fingerprint density at radius 3 is 2.91 bits per heavy atom. The Labute approximate surface area is 152 Å². The van der Waals surface area contributed by atoms with Crippen LogP contribution in [0, 0.1) is 0 Å². The molecule has 2 aromatic heterocycles. The highest BCUT2D eigenvalue weighted by Gasteiger charge is 2.11. The van der Waals surface area contributed by atoms with Crippen LogP contribution in [0.15, 0.2) is 40.2 Å². The van der Waals surface area contributed by atoms with Gasteiger partial charge in [-0.15, -0.1) is 22.7 Å². The first-order chi connectivity index (χ1) is 11.1. The molecule has 0 atom stereocenters. The Balaban J connectivity index is 1.48. The van der Waals surface area contributed by atoms with Crippen LogP contribution in [-0.2, 0) is 17.8 Å². The molecule has 120 valence electrons. The first-order valence-electron chi connectivity index (χ1n) is 7.43. The van der Waals surface area contributed by atoms with Crippen LogP contribution < -0.4 is 0 Å². The van der Waals surface area contributed by atoms with Crippen LogP contribution >= 0.6 is 38.6 Å². The molecule has 0 radical (unpaired) electrons. The van der Waals surface area contributed by atoms with Crippen LogP contribution in [0.4, 0.5) is 0 Å². The minimum Gasteiger partial charge on any atom is -0.341 e. The van der Waals surface area contributed by atoms with Gasteiger partial charge >= 0.3 is 0 Å². The van der Waals surface area contributed by atoms with Gasteiger partial charge in [0.05, 0.1) is 21.8 Å². The van der Waals surface area contributed by atoms with E-state index < -0.39 is 0 Å². The van der Waals surface area contributed by atoms with Crippen LogP contribution in [0.2, 0.25) is 0 Å². The molecule has 2 heterocycles. The molecule has 3 rings (SSSR count). The van der Waals surface area contributed by atoms with Crippen LogP contribution in [-0.4, -0.2) is 22.8 Å². The molecule has 0 N–H and O–H groups in total. The third-order valence-electron chi connectivity index (χ3n) is 3.56. The first-order valence-corrected chi connectivity index (χ1v) is 9.92. The molecule has 0 aliphatic rings. The van der Waals surface area contributed by atoms with E-state index in [1.807, 2.05) is 30.6 Å². The van der Waals surface area contributed by atoms with Crippen molar-refractivity contribution in [2.45, 2.75) is 25.8 Å². The summed E-state index contributed by atoms with van der Waals surface area (Å²) < 4.78 is 2.29. The zero-order valence-electron chi connectivity index (χ0n) is 12.8. The molecule has 3 aromatic rings. The number of rotatable bonds is 6. The third-order valence-corrected chi connectivity index (χ3v) is 6.34. The van der Waals surface area contributed by atoms with E-state index in [9.17, 15) is 4.79 Å². The van der Waals surface area contributed by atoms with Crippen LogP contribution in [0.5, 0.6) is 0 Å². The van der Waals surface area contributed by atoms with Crippen LogP contribution in [0.3, 0.4) is 0 Å². The second-order valence-electron chi connectivity index (χ2n) is 5.41. The molecule has 3 nitrogen and oxygen atoms in total. The lowest BCUT2D eigenvalue weighted by Gasteiger charge is -2.15. The normalized spacial score (nSPS) is 11.0. The Bertz CT molecular complexity index is 779. The van der Waals surface area contributed by atoms with Crippen LogP contribution in [0.1, 0.15) is 22.7 Å². The fourth-order valence-corrected chi connectivity index (χ4v) is 4.88. The van der Waals surface area contributed by atoms with Gasteiger partial charge in [-0.05, 0) is 47.0 Å². The summed E-state index contributed by atoms with van der Waals surface area (Å²) in [7, 11) is 1.87. The van der Waals surface area contributed by atoms with Gasteiger partial charge in [-0.1, -0.05) is 12.1 Å².